The molecule has 2 rings (SSSR count). The second-order valence-corrected chi connectivity index (χ2v) is 4.53. The highest BCUT2D eigenvalue weighted by Crippen LogP contribution is 2.13. The molecule has 2 aromatic rings. The number of H-pyrrole nitrogens is 2. The largest absolute Gasteiger partial charge is 0.326 e. The maximum absolute atomic E-state index is 4.97. The normalized spacial score (nSPS) is 10.3. The predicted octanol–water partition coefficient (Wildman–Crippen LogP) is 2.52. The summed E-state index contributed by atoms with van der Waals surface area (Å²) in [6.07, 6.45) is 0. The molecule has 0 aliphatic heterocycles. The molecule has 0 saturated carbocycles. The van der Waals surface area contributed by atoms with E-state index in [1.807, 2.05) is 19.1 Å². The lowest BCUT2D eigenvalue weighted by atomic mass is 10.4. The van der Waals surface area contributed by atoms with Crippen molar-refractivity contribution in [1.29, 1.82) is 0 Å². The second kappa shape index (κ2) is 4.27. The van der Waals surface area contributed by atoms with Crippen molar-refractivity contribution in [3.63, 3.8) is 0 Å². The number of nitrogens with one attached hydrogen (secondary N) is 3. The Hall–Kier alpha value is -0.960. The number of anilines is 2. The van der Waals surface area contributed by atoms with Crippen molar-refractivity contribution >= 4 is 46.4 Å². The summed E-state index contributed by atoms with van der Waals surface area (Å²) in [6.45, 7) is 1.94. The molecule has 0 aromatic carbocycles. The fourth-order valence-corrected chi connectivity index (χ4v) is 2.05. The lowest BCUT2D eigenvalue weighted by molar-refractivity contribution is 1.04. The number of hydrogen-bond acceptors (Lipinski definition) is 4. The van der Waals surface area contributed by atoms with Crippen LogP contribution in [0.25, 0.3) is 0 Å². The fraction of sp³-hybridized carbons (Fsp3) is 0.125. The minimum atomic E-state index is 0.455. The van der Waals surface area contributed by atoms with Crippen molar-refractivity contribution in [3.8, 4) is 0 Å². The molecule has 7 heteroatoms. The van der Waals surface area contributed by atoms with Crippen LogP contribution in [0.4, 0.5) is 11.6 Å². The number of aryl methyl sites for hydroxylation is 1. The highest BCUT2D eigenvalue weighted by atomic mass is 127. The highest BCUT2D eigenvalue weighted by molar-refractivity contribution is 14.1. The van der Waals surface area contributed by atoms with Crippen molar-refractivity contribution in [2.45, 2.75) is 6.92 Å². The average molecular weight is 333 g/mol. The van der Waals surface area contributed by atoms with Crippen LogP contribution >= 0.6 is 34.8 Å². The predicted molar refractivity (Wildman–Crippen MR) is 68.7 cm³/mol. The van der Waals surface area contributed by atoms with Gasteiger partial charge in [-0.25, -0.2) is 4.98 Å². The molecule has 0 fully saturated rings. The Bertz CT molecular complexity index is 532. The van der Waals surface area contributed by atoms with Crippen molar-refractivity contribution in [1.82, 2.24) is 20.2 Å². The SMILES string of the molecule is Cc1cc(Nc2cc(I)[nH]c(=S)n2)n[nH]1. The number of halogens is 1. The molecule has 2 aromatic heterocycles. The van der Waals surface area contributed by atoms with Gasteiger partial charge in [-0.05, 0) is 41.7 Å². The van der Waals surface area contributed by atoms with Gasteiger partial charge >= 0.3 is 0 Å². The number of aromatic amines is 2. The molecule has 78 valence electrons. The molecule has 0 aliphatic rings. The molecule has 3 N–H and O–H groups in total. The van der Waals surface area contributed by atoms with Crippen LogP contribution in [-0.4, -0.2) is 20.2 Å². The third-order valence-electron chi connectivity index (χ3n) is 1.67. The van der Waals surface area contributed by atoms with E-state index < -0.39 is 0 Å². The summed E-state index contributed by atoms with van der Waals surface area (Å²) < 4.78 is 1.39. The molecule has 0 saturated heterocycles. The minimum Gasteiger partial charge on any atom is -0.326 e. The third kappa shape index (κ3) is 2.75. The van der Waals surface area contributed by atoms with E-state index in [-0.39, 0.29) is 0 Å². The van der Waals surface area contributed by atoms with Crippen LogP contribution in [-0.2, 0) is 0 Å². The van der Waals surface area contributed by atoms with Gasteiger partial charge in [0, 0.05) is 17.8 Å². The van der Waals surface area contributed by atoms with Gasteiger partial charge in [0.15, 0.2) is 10.6 Å². The Morgan fingerprint density at radius 1 is 1.40 bits per heavy atom. The molecule has 0 aliphatic carbocycles. The van der Waals surface area contributed by atoms with Gasteiger partial charge in [-0.3, -0.25) is 5.10 Å². The van der Waals surface area contributed by atoms with Crippen molar-refractivity contribution in [2.75, 3.05) is 5.32 Å². The maximum atomic E-state index is 4.97. The fourth-order valence-electron chi connectivity index (χ4n) is 1.11. The van der Waals surface area contributed by atoms with Gasteiger partial charge < -0.3 is 10.3 Å². The zero-order valence-corrected chi connectivity index (χ0v) is 10.8. The molecule has 0 unspecified atom stereocenters. The summed E-state index contributed by atoms with van der Waals surface area (Å²) in [5.74, 6) is 1.42. The third-order valence-corrected chi connectivity index (χ3v) is 2.45. The van der Waals surface area contributed by atoms with Crippen LogP contribution in [0.5, 0.6) is 0 Å². The van der Waals surface area contributed by atoms with E-state index in [1.165, 1.54) is 0 Å². The van der Waals surface area contributed by atoms with E-state index in [4.69, 9.17) is 12.2 Å². The standard InChI is InChI=1S/C8H8IN5S/c1-4-2-7(14-13-4)11-6-3-5(9)10-8(15)12-6/h2-3H,1H3,(H3,10,11,12,13,14,15). The summed E-state index contributed by atoms with van der Waals surface area (Å²) in [7, 11) is 0. The lowest BCUT2D eigenvalue weighted by Gasteiger charge is -2.01. The average Bonchev–Trinajstić information content (AvgIpc) is 2.49. The van der Waals surface area contributed by atoms with Gasteiger partial charge in [0.1, 0.15) is 5.82 Å². The van der Waals surface area contributed by atoms with Crippen LogP contribution in [0.1, 0.15) is 5.69 Å². The number of nitrogens with zero attached hydrogens (tertiary/aromatic N) is 2. The molecule has 0 atom stereocenters. The van der Waals surface area contributed by atoms with Gasteiger partial charge in [-0.2, -0.15) is 5.10 Å². The molecular weight excluding hydrogens is 325 g/mol. The van der Waals surface area contributed by atoms with E-state index in [0.29, 0.717) is 10.6 Å². The first kappa shape index (κ1) is 10.6. The molecule has 15 heavy (non-hydrogen) atoms. The number of aromatic nitrogens is 4. The summed E-state index contributed by atoms with van der Waals surface area (Å²) in [4.78, 5) is 7.05. The highest BCUT2D eigenvalue weighted by Gasteiger charge is 2.00. The Kier molecular flexibility index (Phi) is 3.00. The summed E-state index contributed by atoms with van der Waals surface area (Å²) in [5.41, 5.74) is 0.994. The van der Waals surface area contributed by atoms with Crippen molar-refractivity contribution in [3.05, 3.63) is 26.3 Å². The quantitative estimate of drug-likeness (QED) is 0.449. The van der Waals surface area contributed by atoms with Crippen molar-refractivity contribution < 1.29 is 0 Å². The number of rotatable bonds is 2. The van der Waals surface area contributed by atoms with Crippen LogP contribution in [0.2, 0.25) is 0 Å². The molecular formula is C8H8IN5S. The Balaban J connectivity index is 2.28. The monoisotopic (exact) mass is 333 g/mol. The minimum absolute atomic E-state index is 0.455. The zero-order valence-electron chi connectivity index (χ0n) is 7.84. The molecule has 0 amide bonds. The van der Waals surface area contributed by atoms with Gasteiger partial charge in [-0.1, -0.05) is 0 Å². The molecule has 0 radical (unpaired) electrons. The topological polar surface area (TPSA) is 69.4 Å². The summed E-state index contributed by atoms with van der Waals surface area (Å²) in [5, 5.41) is 9.95. The van der Waals surface area contributed by atoms with Crippen LogP contribution in [0, 0.1) is 15.4 Å². The van der Waals surface area contributed by atoms with E-state index in [0.717, 1.165) is 15.2 Å². The van der Waals surface area contributed by atoms with Crippen LogP contribution in [0.3, 0.4) is 0 Å². The van der Waals surface area contributed by atoms with Gasteiger partial charge in [0.25, 0.3) is 0 Å². The van der Waals surface area contributed by atoms with Crippen LogP contribution < -0.4 is 5.32 Å². The van der Waals surface area contributed by atoms with E-state index in [9.17, 15) is 0 Å². The second-order valence-electron chi connectivity index (χ2n) is 2.98. The number of hydrogen-bond donors (Lipinski definition) is 3. The molecule has 0 bridgehead atoms. The molecule has 5 nitrogen and oxygen atoms in total. The Morgan fingerprint density at radius 3 is 2.80 bits per heavy atom. The summed E-state index contributed by atoms with van der Waals surface area (Å²) >= 11 is 7.12. The first-order valence-electron chi connectivity index (χ1n) is 4.19. The van der Waals surface area contributed by atoms with E-state index >= 15 is 0 Å². The van der Waals surface area contributed by atoms with Gasteiger partial charge in [0.2, 0.25) is 0 Å². The first-order chi connectivity index (χ1) is 7.13. The summed E-state index contributed by atoms with van der Waals surface area (Å²) in [6, 6.07) is 3.76. The van der Waals surface area contributed by atoms with E-state index in [1.54, 1.807) is 0 Å². The van der Waals surface area contributed by atoms with E-state index in [2.05, 4.69) is 48.1 Å². The molecule has 0 spiro atoms. The van der Waals surface area contributed by atoms with Gasteiger partial charge in [0.05, 0.1) is 3.70 Å². The molecule has 2 heterocycles. The smallest absolute Gasteiger partial charge is 0.199 e. The zero-order chi connectivity index (χ0) is 10.8. The van der Waals surface area contributed by atoms with Gasteiger partial charge in [-0.15, -0.1) is 0 Å². The Morgan fingerprint density at radius 2 is 2.20 bits per heavy atom. The first-order valence-corrected chi connectivity index (χ1v) is 5.68. The Labute approximate surface area is 105 Å². The maximum Gasteiger partial charge on any atom is 0.199 e. The van der Waals surface area contributed by atoms with Crippen molar-refractivity contribution in [2.24, 2.45) is 0 Å². The lowest BCUT2D eigenvalue weighted by Crippen LogP contribution is -1.96. The van der Waals surface area contributed by atoms with Crippen LogP contribution in [0.15, 0.2) is 12.1 Å².